The summed E-state index contributed by atoms with van der Waals surface area (Å²) in [6.07, 6.45) is 0. The van der Waals surface area contributed by atoms with E-state index in [1.165, 1.54) is 0 Å². The summed E-state index contributed by atoms with van der Waals surface area (Å²) in [4.78, 5) is 14.0. The molecule has 7 nitrogen and oxygen atoms in total. The van der Waals surface area contributed by atoms with E-state index in [2.05, 4.69) is 15.0 Å². The van der Waals surface area contributed by atoms with Gasteiger partial charge in [0.25, 0.3) is 0 Å². The molecule has 0 unspecified atom stereocenters. The van der Waals surface area contributed by atoms with Crippen molar-refractivity contribution in [2.45, 2.75) is 6.61 Å². The Balaban J connectivity index is 2.08. The monoisotopic (exact) mass is 260 g/mol. The fourth-order valence-corrected chi connectivity index (χ4v) is 1.40. The van der Waals surface area contributed by atoms with Crippen LogP contribution in [0.3, 0.4) is 0 Å². The van der Waals surface area contributed by atoms with E-state index >= 15 is 0 Å². The van der Waals surface area contributed by atoms with Gasteiger partial charge in [-0.3, -0.25) is 0 Å². The molecule has 2 rings (SSSR count). The third-order valence-corrected chi connectivity index (χ3v) is 2.34. The summed E-state index contributed by atoms with van der Waals surface area (Å²) in [5.74, 6) is 1.85. The predicted molar refractivity (Wildman–Crippen MR) is 73.8 cm³/mol. The molecule has 0 fully saturated rings. The minimum Gasteiger partial charge on any atom is -0.486 e. The molecule has 1 aromatic carbocycles. The van der Waals surface area contributed by atoms with Crippen molar-refractivity contribution in [1.29, 1.82) is 0 Å². The molecule has 1 heterocycles. The van der Waals surface area contributed by atoms with Gasteiger partial charge in [-0.15, -0.1) is 0 Å². The van der Waals surface area contributed by atoms with Gasteiger partial charge in [-0.1, -0.05) is 0 Å². The van der Waals surface area contributed by atoms with E-state index in [-0.39, 0.29) is 12.6 Å². The highest BCUT2D eigenvalue weighted by atomic mass is 16.5. The highest BCUT2D eigenvalue weighted by Crippen LogP contribution is 2.14. The molecule has 0 saturated heterocycles. The molecule has 100 valence electrons. The van der Waals surface area contributed by atoms with Gasteiger partial charge in [0.2, 0.25) is 11.9 Å². The van der Waals surface area contributed by atoms with Gasteiger partial charge in [-0.25, -0.2) is 0 Å². The summed E-state index contributed by atoms with van der Waals surface area (Å²) >= 11 is 0. The summed E-state index contributed by atoms with van der Waals surface area (Å²) in [6.45, 7) is 0.220. The first kappa shape index (κ1) is 12.9. The summed E-state index contributed by atoms with van der Waals surface area (Å²) in [5, 5.41) is 0. The molecule has 0 spiro atoms. The Morgan fingerprint density at radius 2 is 1.74 bits per heavy atom. The van der Waals surface area contributed by atoms with Crippen molar-refractivity contribution in [3.8, 4) is 5.75 Å². The van der Waals surface area contributed by atoms with Gasteiger partial charge in [-0.05, 0) is 24.3 Å². The molecule has 1 aromatic heterocycles. The first-order valence-corrected chi connectivity index (χ1v) is 5.70. The SMILES string of the molecule is CN(C)c1nc(N)nc(COc2ccc(N)cc2)n1. The average Bonchev–Trinajstić information content (AvgIpc) is 2.37. The first-order chi connectivity index (χ1) is 9.04. The van der Waals surface area contributed by atoms with E-state index < -0.39 is 0 Å². The van der Waals surface area contributed by atoms with Crippen LogP contribution in [0.4, 0.5) is 17.6 Å². The number of hydrogen-bond donors (Lipinski definition) is 2. The molecule has 0 atom stereocenters. The highest BCUT2D eigenvalue weighted by molar-refractivity contribution is 5.41. The average molecular weight is 260 g/mol. The Labute approximate surface area is 111 Å². The van der Waals surface area contributed by atoms with Crippen LogP contribution in [0.2, 0.25) is 0 Å². The van der Waals surface area contributed by atoms with Crippen LogP contribution in [0.15, 0.2) is 24.3 Å². The molecule has 0 aliphatic heterocycles. The lowest BCUT2D eigenvalue weighted by atomic mass is 10.3. The first-order valence-electron chi connectivity index (χ1n) is 5.70. The van der Waals surface area contributed by atoms with Crippen LogP contribution < -0.4 is 21.1 Å². The maximum atomic E-state index is 5.63. The second-order valence-electron chi connectivity index (χ2n) is 4.16. The van der Waals surface area contributed by atoms with E-state index in [9.17, 15) is 0 Å². The van der Waals surface area contributed by atoms with Crippen LogP contribution in [0.5, 0.6) is 5.75 Å². The molecule has 0 radical (unpaired) electrons. The van der Waals surface area contributed by atoms with Crippen LogP contribution in [0, 0.1) is 0 Å². The number of nitrogens with zero attached hydrogens (tertiary/aromatic N) is 4. The summed E-state index contributed by atoms with van der Waals surface area (Å²) < 4.78 is 5.55. The zero-order valence-electron chi connectivity index (χ0n) is 10.9. The number of rotatable bonds is 4. The maximum absolute atomic E-state index is 5.63. The third kappa shape index (κ3) is 3.44. The Morgan fingerprint density at radius 3 is 2.37 bits per heavy atom. The topological polar surface area (TPSA) is 103 Å². The van der Waals surface area contributed by atoms with Crippen molar-refractivity contribution in [2.24, 2.45) is 0 Å². The molecular formula is C12H16N6O. The van der Waals surface area contributed by atoms with Crippen LogP contribution >= 0.6 is 0 Å². The Hall–Kier alpha value is -2.57. The lowest BCUT2D eigenvalue weighted by Gasteiger charge is -2.11. The van der Waals surface area contributed by atoms with Crippen molar-refractivity contribution in [3.05, 3.63) is 30.1 Å². The molecule has 0 bridgehead atoms. The van der Waals surface area contributed by atoms with Crippen LogP contribution in [-0.4, -0.2) is 29.0 Å². The van der Waals surface area contributed by atoms with Gasteiger partial charge >= 0.3 is 0 Å². The van der Waals surface area contributed by atoms with Gasteiger partial charge in [0.05, 0.1) is 0 Å². The third-order valence-electron chi connectivity index (χ3n) is 2.34. The van der Waals surface area contributed by atoms with E-state index in [0.717, 1.165) is 0 Å². The zero-order chi connectivity index (χ0) is 13.8. The van der Waals surface area contributed by atoms with Gasteiger partial charge in [0.1, 0.15) is 12.4 Å². The molecule has 0 saturated carbocycles. The standard InChI is InChI=1S/C12H16N6O/c1-18(2)12-16-10(15-11(14)17-12)7-19-9-5-3-8(13)4-6-9/h3-6H,7,13H2,1-2H3,(H2,14,15,16,17). The molecule has 19 heavy (non-hydrogen) atoms. The smallest absolute Gasteiger partial charge is 0.230 e. The number of aromatic nitrogens is 3. The molecule has 0 aliphatic rings. The van der Waals surface area contributed by atoms with E-state index in [0.29, 0.717) is 23.2 Å². The normalized spacial score (nSPS) is 10.2. The van der Waals surface area contributed by atoms with Crippen LogP contribution in [-0.2, 0) is 6.61 Å². The van der Waals surface area contributed by atoms with Crippen molar-refractivity contribution in [1.82, 2.24) is 15.0 Å². The lowest BCUT2D eigenvalue weighted by Crippen LogP contribution is -2.16. The number of hydrogen-bond acceptors (Lipinski definition) is 7. The van der Waals surface area contributed by atoms with Gasteiger partial charge < -0.3 is 21.1 Å². The number of nitrogen functional groups attached to an aromatic ring is 2. The second kappa shape index (κ2) is 5.38. The molecule has 7 heteroatoms. The zero-order valence-corrected chi connectivity index (χ0v) is 10.9. The number of ether oxygens (including phenoxy) is 1. The largest absolute Gasteiger partial charge is 0.486 e. The summed E-state index contributed by atoms with van der Waals surface area (Å²) in [7, 11) is 3.67. The van der Waals surface area contributed by atoms with Crippen molar-refractivity contribution in [2.75, 3.05) is 30.5 Å². The predicted octanol–water partition coefficient (Wildman–Crippen LogP) is 0.681. The van der Waals surface area contributed by atoms with Crippen molar-refractivity contribution < 1.29 is 4.74 Å². The van der Waals surface area contributed by atoms with E-state index in [4.69, 9.17) is 16.2 Å². The van der Waals surface area contributed by atoms with Crippen LogP contribution in [0.25, 0.3) is 0 Å². The van der Waals surface area contributed by atoms with Gasteiger partial charge in [0, 0.05) is 19.8 Å². The molecule has 0 amide bonds. The summed E-state index contributed by atoms with van der Waals surface area (Å²) in [6, 6.07) is 7.10. The minimum atomic E-state index is 0.176. The quantitative estimate of drug-likeness (QED) is 0.779. The molecular weight excluding hydrogens is 244 g/mol. The summed E-state index contributed by atoms with van der Waals surface area (Å²) in [5.41, 5.74) is 11.9. The number of nitrogens with two attached hydrogens (primary N) is 2. The van der Waals surface area contributed by atoms with E-state index in [1.807, 2.05) is 14.1 Å². The number of anilines is 3. The second-order valence-corrected chi connectivity index (χ2v) is 4.16. The Morgan fingerprint density at radius 1 is 1.05 bits per heavy atom. The Bertz CT molecular complexity index is 555. The van der Waals surface area contributed by atoms with Gasteiger partial charge in [0.15, 0.2) is 5.82 Å². The highest BCUT2D eigenvalue weighted by Gasteiger charge is 2.06. The minimum absolute atomic E-state index is 0.176. The maximum Gasteiger partial charge on any atom is 0.230 e. The number of benzene rings is 1. The van der Waals surface area contributed by atoms with E-state index in [1.54, 1.807) is 29.2 Å². The van der Waals surface area contributed by atoms with Crippen molar-refractivity contribution >= 4 is 17.6 Å². The Kier molecular flexibility index (Phi) is 3.65. The fraction of sp³-hybridized carbons (Fsp3) is 0.250. The fourth-order valence-electron chi connectivity index (χ4n) is 1.40. The lowest BCUT2D eigenvalue weighted by molar-refractivity contribution is 0.296. The molecule has 2 aromatic rings. The van der Waals surface area contributed by atoms with Crippen molar-refractivity contribution in [3.63, 3.8) is 0 Å². The molecule has 4 N–H and O–H groups in total. The molecule has 0 aliphatic carbocycles. The van der Waals surface area contributed by atoms with Crippen LogP contribution in [0.1, 0.15) is 5.82 Å². The van der Waals surface area contributed by atoms with Gasteiger partial charge in [-0.2, -0.15) is 15.0 Å².